The summed E-state index contributed by atoms with van der Waals surface area (Å²) < 4.78 is 103. The van der Waals surface area contributed by atoms with E-state index in [2.05, 4.69) is 25.4 Å². The van der Waals surface area contributed by atoms with Gasteiger partial charge in [-0.1, -0.05) is 22.0 Å². The molecular formula is C14H8BBrF8O4. The molecule has 0 aliphatic carbocycles. The van der Waals surface area contributed by atoms with Crippen molar-refractivity contribution in [2.45, 2.75) is 12.7 Å². The number of halogens is 9. The first kappa shape index (κ1) is 24.0. The van der Waals surface area contributed by atoms with E-state index < -0.39 is 43.0 Å². The minimum atomic E-state index is -4.99. The lowest BCUT2D eigenvalue weighted by atomic mass is 9.80. The average molecular weight is 483 g/mol. The fourth-order valence-corrected chi connectivity index (χ4v) is 1.90. The first-order valence-corrected chi connectivity index (χ1v) is 7.59. The van der Waals surface area contributed by atoms with Gasteiger partial charge in [-0.25, -0.2) is 8.78 Å². The number of benzene rings is 2. The van der Waals surface area contributed by atoms with Gasteiger partial charge in [-0.15, -0.1) is 26.3 Å². The summed E-state index contributed by atoms with van der Waals surface area (Å²) in [6.45, 7) is 0. The third-order valence-corrected chi connectivity index (χ3v) is 3.09. The second kappa shape index (κ2) is 9.43. The van der Waals surface area contributed by atoms with Crippen molar-refractivity contribution in [3.63, 3.8) is 0 Å². The first-order valence-electron chi connectivity index (χ1n) is 6.80. The van der Waals surface area contributed by atoms with E-state index in [1.165, 1.54) is 6.07 Å². The quantitative estimate of drug-likeness (QED) is 0.515. The number of hydrogen-bond donors (Lipinski definition) is 2. The van der Waals surface area contributed by atoms with Crippen LogP contribution in [0.4, 0.5) is 35.1 Å². The van der Waals surface area contributed by atoms with E-state index in [-0.39, 0.29) is 5.46 Å². The molecule has 2 rings (SSSR count). The SMILES string of the molecule is Fc1cc(Br)ccc1OC(F)(F)F.OB(O)c1ccc(OC(F)(F)F)c(F)c1. The fourth-order valence-electron chi connectivity index (χ4n) is 1.57. The molecule has 0 saturated carbocycles. The van der Waals surface area contributed by atoms with Crippen molar-refractivity contribution in [1.82, 2.24) is 0 Å². The van der Waals surface area contributed by atoms with Gasteiger partial charge in [0.1, 0.15) is 0 Å². The van der Waals surface area contributed by atoms with Crippen LogP contribution in [-0.4, -0.2) is 29.9 Å². The summed E-state index contributed by atoms with van der Waals surface area (Å²) >= 11 is 2.90. The van der Waals surface area contributed by atoms with Gasteiger partial charge >= 0.3 is 19.8 Å². The van der Waals surface area contributed by atoms with Crippen LogP contribution in [0.15, 0.2) is 40.9 Å². The highest BCUT2D eigenvalue weighted by Crippen LogP contribution is 2.27. The topological polar surface area (TPSA) is 58.9 Å². The maximum atomic E-state index is 12.9. The summed E-state index contributed by atoms with van der Waals surface area (Å²) in [6.07, 6.45) is -9.85. The molecule has 0 spiro atoms. The summed E-state index contributed by atoms with van der Waals surface area (Å²) in [5.74, 6) is -4.24. The second-order valence-corrected chi connectivity index (χ2v) is 5.65. The van der Waals surface area contributed by atoms with Gasteiger partial charge in [0.2, 0.25) is 0 Å². The number of hydrogen-bond acceptors (Lipinski definition) is 4. The Bertz CT molecular complexity index is 798. The van der Waals surface area contributed by atoms with Gasteiger partial charge in [-0.2, -0.15) is 0 Å². The van der Waals surface area contributed by atoms with Crippen molar-refractivity contribution in [1.29, 1.82) is 0 Å². The number of alkyl halides is 6. The monoisotopic (exact) mass is 482 g/mol. The second-order valence-electron chi connectivity index (χ2n) is 4.73. The Morgan fingerprint density at radius 2 is 1.18 bits per heavy atom. The van der Waals surface area contributed by atoms with Gasteiger partial charge in [-0.05, 0) is 35.8 Å². The normalized spacial score (nSPS) is 11.4. The maximum absolute atomic E-state index is 12.9. The largest absolute Gasteiger partial charge is 0.573 e. The van der Waals surface area contributed by atoms with Crippen molar-refractivity contribution < 1.29 is 54.6 Å². The molecule has 154 valence electrons. The molecule has 0 heterocycles. The van der Waals surface area contributed by atoms with Crippen LogP contribution in [0.5, 0.6) is 11.5 Å². The fraction of sp³-hybridized carbons (Fsp3) is 0.143. The lowest BCUT2D eigenvalue weighted by Crippen LogP contribution is -2.30. The molecule has 2 N–H and O–H groups in total. The van der Waals surface area contributed by atoms with Gasteiger partial charge in [0, 0.05) is 4.47 Å². The number of rotatable bonds is 3. The van der Waals surface area contributed by atoms with E-state index in [4.69, 9.17) is 10.0 Å². The molecule has 0 unspecified atom stereocenters. The molecule has 0 radical (unpaired) electrons. The highest BCUT2D eigenvalue weighted by molar-refractivity contribution is 9.10. The summed E-state index contributed by atoms with van der Waals surface area (Å²) in [6, 6.07) is 5.16. The van der Waals surface area contributed by atoms with E-state index in [0.29, 0.717) is 16.6 Å². The highest BCUT2D eigenvalue weighted by Gasteiger charge is 2.33. The van der Waals surface area contributed by atoms with E-state index in [9.17, 15) is 35.1 Å². The molecule has 28 heavy (non-hydrogen) atoms. The molecule has 0 aliphatic rings. The molecule has 0 atom stereocenters. The van der Waals surface area contributed by atoms with Crippen LogP contribution >= 0.6 is 15.9 Å². The Morgan fingerprint density at radius 1 is 0.750 bits per heavy atom. The van der Waals surface area contributed by atoms with Crippen LogP contribution in [0.3, 0.4) is 0 Å². The minimum absolute atomic E-state index is 0.262. The van der Waals surface area contributed by atoms with E-state index in [0.717, 1.165) is 18.2 Å². The molecular weight excluding hydrogens is 475 g/mol. The van der Waals surface area contributed by atoms with E-state index >= 15 is 0 Å². The third kappa shape index (κ3) is 8.76. The van der Waals surface area contributed by atoms with Crippen molar-refractivity contribution in [3.05, 3.63) is 52.5 Å². The van der Waals surface area contributed by atoms with Gasteiger partial charge in [0.05, 0.1) is 0 Å². The van der Waals surface area contributed by atoms with Crippen LogP contribution in [0, 0.1) is 11.6 Å². The van der Waals surface area contributed by atoms with Crippen molar-refractivity contribution in [2.75, 3.05) is 0 Å². The summed E-state index contributed by atoms with van der Waals surface area (Å²) in [5.41, 5.74) is -0.262. The molecule has 2 aromatic rings. The van der Waals surface area contributed by atoms with Crippen molar-refractivity contribution in [3.8, 4) is 11.5 Å². The van der Waals surface area contributed by atoms with Gasteiger partial charge in [0.25, 0.3) is 0 Å². The van der Waals surface area contributed by atoms with Gasteiger partial charge in [0.15, 0.2) is 23.1 Å². The van der Waals surface area contributed by atoms with Crippen LogP contribution in [0.2, 0.25) is 0 Å². The Morgan fingerprint density at radius 3 is 1.54 bits per heavy atom. The van der Waals surface area contributed by atoms with Crippen molar-refractivity contribution >= 4 is 28.5 Å². The molecule has 4 nitrogen and oxygen atoms in total. The predicted molar refractivity (Wildman–Crippen MR) is 83.7 cm³/mol. The molecule has 0 aliphatic heterocycles. The molecule has 0 saturated heterocycles. The standard InChI is InChI=1S/C7H5BF4O3.C7H3BrF4O/c9-5-3-4(8(13)14)1-2-6(5)15-7(10,11)12;8-4-1-2-6(5(9)3-4)13-7(10,11)12/h1-3,13-14H;1-3H. The zero-order valence-electron chi connectivity index (χ0n) is 13.2. The molecule has 14 heteroatoms. The Hall–Kier alpha value is -2.06. The zero-order chi connectivity index (χ0) is 21.7. The lowest BCUT2D eigenvalue weighted by molar-refractivity contribution is -0.276. The summed E-state index contributed by atoms with van der Waals surface area (Å²) in [5, 5.41) is 17.2. The predicted octanol–water partition coefficient (Wildman–Crippen LogP) is 3.89. The van der Waals surface area contributed by atoms with Gasteiger partial charge in [-0.3, -0.25) is 0 Å². The zero-order valence-corrected chi connectivity index (χ0v) is 14.7. The molecule has 0 aromatic heterocycles. The summed E-state index contributed by atoms with van der Waals surface area (Å²) in [7, 11) is -1.94. The van der Waals surface area contributed by atoms with E-state index in [1.807, 2.05) is 0 Å². The van der Waals surface area contributed by atoms with Gasteiger partial charge < -0.3 is 19.5 Å². The van der Waals surface area contributed by atoms with Crippen molar-refractivity contribution in [2.24, 2.45) is 0 Å². The Balaban J connectivity index is 0.000000283. The summed E-state index contributed by atoms with van der Waals surface area (Å²) in [4.78, 5) is 0. The molecule has 2 aromatic carbocycles. The third-order valence-electron chi connectivity index (χ3n) is 2.60. The van der Waals surface area contributed by atoms with Crippen LogP contribution in [0.1, 0.15) is 0 Å². The number of ether oxygens (including phenoxy) is 2. The highest BCUT2D eigenvalue weighted by atomic mass is 79.9. The lowest BCUT2D eigenvalue weighted by Gasteiger charge is -2.10. The van der Waals surface area contributed by atoms with Crippen LogP contribution < -0.4 is 14.9 Å². The molecule has 0 bridgehead atoms. The Kier molecular flexibility index (Phi) is 8.08. The van der Waals surface area contributed by atoms with Crippen LogP contribution in [0.25, 0.3) is 0 Å². The first-order chi connectivity index (χ1) is 12.7. The Labute approximate surface area is 160 Å². The van der Waals surface area contributed by atoms with Crippen LogP contribution in [-0.2, 0) is 0 Å². The van der Waals surface area contributed by atoms with E-state index in [1.54, 1.807) is 0 Å². The maximum Gasteiger partial charge on any atom is 0.573 e. The average Bonchev–Trinajstić information content (AvgIpc) is 2.50. The molecule has 0 amide bonds. The molecule has 0 fully saturated rings. The minimum Gasteiger partial charge on any atom is -0.423 e. The smallest absolute Gasteiger partial charge is 0.423 e.